The monoisotopic (exact) mass is 439 g/mol. The smallest absolute Gasteiger partial charge is 0.263 e. The van der Waals surface area contributed by atoms with E-state index in [2.05, 4.69) is 16.8 Å². The molecule has 0 unspecified atom stereocenters. The average Bonchev–Trinajstić information content (AvgIpc) is 3.18. The van der Waals surface area contributed by atoms with Crippen molar-refractivity contribution in [3.63, 3.8) is 0 Å². The predicted molar refractivity (Wildman–Crippen MR) is 118 cm³/mol. The second-order valence-corrected chi connectivity index (χ2v) is 9.69. The Bertz CT molecular complexity index is 1180. The maximum absolute atomic E-state index is 12.9. The summed E-state index contributed by atoms with van der Waals surface area (Å²) in [5, 5.41) is 3.66. The Hall–Kier alpha value is -3.13. The van der Waals surface area contributed by atoms with Gasteiger partial charge in [0.2, 0.25) is 0 Å². The number of carbonyl (C=O) groups excluding carboxylic acids is 1. The van der Waals surface area contributed by atoms with Crippen molar-refractivity contribution < 1.29 is 17.7 Å². The lowest BCUT2D eigenvalue weighted by Gasteiger charge is -2.30. The summed E-state index contributed by atoms with van der Waals surface area (Å²) in [5.74, 6) is 1.36. The van der Waals surface area contributed by atoms with Gasteiger partial charge in [0, 0.05) is 24.7 Å². The number of likely N-dealkylation sites (tertiary alicyclic amines) is 1. The van der Waals surface area contributed by atoms with Gasteiger partial charge in [-0.25, -0.2) is 8.42 Å². The van der Waals surface area contributed by atoms with E-state index in [0.717, 1.165) is 37.1 Å². The van der Waals surface area contributed by atoms with Crippen LogP contribution in [-0.4, -0.2) is 37.5 Å². The maximum Gasteiger partial charge on any atom is 0.263 e. The van der Waals surface area contributed by atoms with Gasteiger partial charge in [0.15, 0.2) is 5.82 Å². The molecule has 1 saturated heterocycles. The van der Waals surface area contributed by atoms with Gasteiger partial charge >= 0.3 is 0 Å². The molecule has 2 heterocycles. The summed E-state index contributed by atoms with van der Waals surface area (Å²) < 4.78 is 32.4. The molecule has 4 rings (SSSR count). The van der Waals surface area contributed by atoms with Crippen LogP contribution in [0.15, 0.2) is 64.0 Å². The lowest BCUT2D eigenvalue weighted by atomic mass is 9.98. The van der Waals surface area contributed by atoms with E-state index in [9.17, 15) is 13.2 Å². The number of nitrogens with zero attached hydrogens (tertiary/aromatic N) is 2. The van der Waals surface area contributed by atoms with Gasteiger partial charge in [0.25, 0.3) is 15.9 Å². The molecule has 0 spiro atoms. The number of amides is 1. The Kier molecular flexibility index (Phi) is 5.82. The quantitative estimate of drug-likeness (QED) is 0.639. The first-order chi connectivity index (χ1) is 14.8. The lowest BCUT2D eigenvalue weighted by molar-refractivity contribution is 0.0697. The van der Waals surface area contributed by atoms with Gasteiger partial charge < -0.3 is 9.42 Å². The zero-order valence-electron chi connectivity index (χ0n) is 17.5. The van der Waals surface area contributed by atoms with E-state index in [-0.39, 0.29) is 16.6 Å². The summed E-state index contributed by atoms with van der Waals surface area (Å²) >= 11 is 0. The van der Waals surface area contributed by atoms with Crippen LogP contribution in [0.3, 0.4) is 0 Å². The highest BCUT2D eigenvalue weighted by atomic mass is 32.2. The predicted octanol–water partition coefficient (Wildman–Crippen LogP) is 4.32. The lowest BCUT2D eigenvalue weighted by Crippen LogP contribution is -2.37. The SMILES string of the molecule is Cc1cc(NS(=O)(=O)c2ccc(-c3cccc(C(=O)N4CCC(C)CC4)c3)cc2)no1. The molecule has 1 N–H and O–H groups in total. The van der Waals surface area contributed by atoms with E-state index < -0.39 is 10.0 Å². The van der Waals surface area contributed by atoms with Crippen molar-refractivity contribution in [2.45, 2.75) is 31.6 Å². The van der Waals surface area contributed by atoms with E-state index in [1.165, 1.54) is 18.2 Å². The Morgan fingerprint density at radius 2 is 1.77 bits per heavy atom. The Labute approximate surface area is 182 Å². The van der Waals surface area contributed by atoms with Crippen molar-refractivity contribution in [1.82, 2.24) is 10.1 Å². The normalized spacial score (nSPS) is 15.1. The summed E-state index contributed by atoms with van der Waals surface area (Å²) in [6, 6.07) is 15.5. The van der Waals surface area contributed by atoms with Gasteiger partial charge in [-0.05, 0) is 61.1 Å². The van der Waals surface area contributed by atoms with E-state index in [1.54, 1.807) is 19.1 Å². The van der Waals surface area contributed by atoms with Gasteiger partial charge in [-0.15, -0.1) is 0 Å². The number of hydrogen-bond acceptors (Lipinski definition) is 5. The average molecular weight is 440 g/mol. The molecule has 1 aliphatic heterocycles. The van der Waals surface area contributed by atoms with Crippen molar-refractivity contribution in [1.29, 1.82) is 0 Å². The third-order valence-electron chi connectivity index (χ3n) is 5.55. The first-order valence-electron chi connectivity index (χ1n) is 10.3. The third kappa shape index (κ3) is 4.80. The molecule has 0 saturated carbocycles. The number of aromatic nitrogens is 1. The molecule has 3 aromatic rings. The van der Waals surface area contributed by atoms with Gasteiger partial charge in [-0.2, -0.15) is 0 Å². The molecule has 0 atom stereocenters. The first-order valence-corrected chi connectivity index (χ1v) is 11.8. The van der Waals surface area contributed by atoms with Crippen molar-refractivity contribution >= 4 is 21.7 Å². The number of nitrogens with one attached hydrogen (secondary N) is 1. The first kappa shape index (κ1) is 21.1. The number of piperidine rings is 1. The van der Waals surface area contributed by atoms with Gasteiger partial charge in [0.1, 0.15) is 5.76 Å². The van der Waals surface area contributed by atoms with Crippen LogP contribution in [0.1, 0.15) is 35.9 Å². The fourth-order valence-corrected chi connectivity index (χ4v) is 4.65. The van der Waals surface area contributed by atoms with E-state index in [0.29, 0.717) is 17.2 Å². The van der Waals surface area contributed by atoms with E-state index in [4.69, 9.17) is 4.52 Å². The topological polar surface area (TPSA) is 92.5 Å². The standard InChI is InChI=1S/C23H25N3O4S/c1-16-10-12-26(13-11-16)23(27)20-5-3-4-19(15-20)18-6-8-21(9-7-18)31(28,29)25-22-14-17(2)30-24-22/h3-9,14-16H,10-13H2,1-2H3,(H,24,25). The number of anilines is 1. The molecule has 1 fully saturated rings. The van der Waals surface area contributed by atoms with Crippen molar-refractivity contribution in [3.8, 4) is 11.1 Å². The van der Waals surface area contributed by atoms with Crippen molar-refractivity contribution in [2.24, 2.45) is 5.92 Å². The summed E-state index contributed by atoms with van der Waals surface area (Å²) in [6.07, 6.45) is 2.06. The van der Waals surface area contributed by atoms with Crippen molar-refractivity contribution in [2.75, 3.05) is 17.8 Å². The largest absolute Gasteiger partial charge is 0.360 e. The Morgan fingerprint density at radius 3 is 2.42 bits per heavy atom. The Morgan fingerprint density at radius 1 is 1.06 bits per heavy atom. The van der Waals surface area contributed by atoms with Gasteiger partial charge in [-0.1, -0.05) is 36.3 Å². The fraction of sp³-hybridized carbons (Fsp3) is 0.304. The van der Waals surface area contributed by atoms with Crippen molar-refractivity contribution in [3.05, 3.63) is 65.9 Å². The zero-order valence-corrected chi connectivity index (χ0v) is 18.4. The summed E-state index contributed by atoms with van der Waals surface area (Å²) in [4.78, 5) is 14.9. The molecule has 0 bridgehead atoms. The van der Waals surface area contributed by atoms with Crippen LogP contribution in [-0.2, 0) is 10.0 Å². The van der Waals surface area contributed by atoms with Crippen LogP contribution in [0.5, 0.6) is 0 Å². The fourth-order valence-electron chi connectivity index (χ4n) is 3.66. The van der Waals surface area contributed by atoms with E-state index in [1.807, 2.05) is 29.2 Å². The highest BCUT2D eigenvalue weighted by Gasteiger charge is 2.22. The van der Waals surface area contributed by atoms with Crippen LogP contribution < -0.4 is 4.72 Å². The van der Waals surface area contributed by atoms with Gasteiger partial charge in [0.05, 0.1) is 4.90 Å². The molecule has 162 valence electrons. The minimum absolute atomic E-state index is 0.0417. The number of carbonyl (C=O) groups is 1. The molecular formula is C23H25N3O4S. The molecule has 2 aromatic carbocycles. The molecule has 7 nitrogen and oxygen atoms in total. The van der Waals surface area contributed by atoms with E-state index >= 15 is 0 Å². The number of rotatable bonds is 5. The molecule has 0 aliphatic carbocycles. The third-order valence-corrected chi connectivity index (χ3v) is 6.92. The molecule has 0 radical (unpaired) electrons. The second kappa shape index (κ2) is 8.55. The van der Waals surface area contributed by atoms with Crippen LogP contribution >= 0.6 is 0 Å². The highest BCUT2D eigenvalue weighted by molar-refractivity contribution is 7.92. The molecule has 31 heavy (non-hydrogen) atoms. The van der Waals surface area contributed by atoms with Crippen LogP contribution in [0.4, 0.5) is 5.82 Å². The molecule has 8 heteroatoms. The number of benzene rings is 2. The Balaban J connectivity index is 1.51. The van der Waals surface area contributed by atoms with Crippen LogP contribution in [0.2, 0.25) is 0 Å². The molecule has 1 aliphatic rings. The van der Waals surface area contributed by atoms with Crippen LogP contribution in [0, 0.1) is 12.8 Å². The number of sulfonamides is 1. The second-order valence-electron chi connectivity index (χ2n) is 8.01. The number of aryl methyl sites for hydroxylation is 1. The molecule has 1 amide bonds. The minimum atomic E-state index is -3.77. The summed E-state index contributed by atoms with van der Waals surface area (Å²) in [5.41, 5.74) is 2.34. The number of hydrogen-bond donors (Lipinski definition) is 1. The molecule has 1 aromatic heterocycles. The highest BCUT2D eigenvalue weighted by Crippen LogP contribution is 2.25. The zero-order chi connectivity index (χ0) is 22.0. The maximum atomic E-state index is 12.9. The minimum Gasteiger partial charge on any atom is -0.360 e. The molecular weight excluding hydrogens is 414 g/mol. The van der Waals surface area contributed by atoms with Gasteiger partial charge in [-0.3, -0.25) is 9.52 Å². The summed E-state index contributed by atoms with van der Waals surface area (Å²) in [7, 11) is -3.77. The van der Waals surface area contributed by atoms with Crippen LogP contribution in [0.25, 0.3) is 11.1 Å². The summed E-state index contributed by atoms with van der Waals surface area (Å²) in [6.45, 7) is 5.47.